The summed E-state index contributed by atoms with van der Waals surface area (Å²) in [6, 6.07) is 9.11. The predicted molar refractivity (Wildman–Crippen MR) is 85.4 cm³/mol. The number of hydrogen-bond acceptors (Lipinski definition) is 3. The Morgan fingerprint density at radius 3 is 2.95 bits per heavy atom. The van der Waals surface area contributed by atoms with Crippen LogP contribution >= 0.6 is 11.3 Å². The third-order valence-corrected chi connectivity index (χ3v) is 6.49. The molecular formula is C17H22N2S. The van der Waals surface area contributed by atoms with Crippen LogP contribution in [0.5, 0.6) is 0 Å². The minimum absolute atomic E-state index is 0.307. The molecule has 2 saturated carbocycles. The smallest absolute Gasteiger partial charge is 0.0476 e. The van der Waals surface area contributed by atoms with Gasteiger partial charge in [-0.05, 0) is 65.8 Å². The summed E-state index contributed by atoms with van der Waals surface area (Å²) < 4.78 is 1.40. The van der Waals surface area contributed by atoms with E-state index in [4.69, 9.17) is 5.84 Å². The minimum atomic E-state index is 0.307. The van der Waals surface area contributed by atoms with Gasteiger partial charge in [0.15, 0.2) is 0 Å². The summed E-state index contributed by atoms with van der Waals surface area (Å²) >= 11 is 1.84. The van der Waals surface area contributed by atoms with Crippen molar-refractivity contribution >= 4 is 21.4 Å². The largest absolute Gasteiger partial charge is 0.271 e. The Bertz CT molecular complexity index is 606. The second-order valence-electron chi connectivity index (χ2n) is 6.58. The van der Waals surface area contributed by atoms with E-state index >= 15 is 0 Å². The highest BCUT2D eigenvalue weighted by molar-refractivity contribution is 7.17. The van der Waals surface area contributed by atoms with Crippen molar-refractivity contribution < 1.29 is 0 Å². The molecule has 1 heterocycles. The Kier molecular flexibility index (Phi) is 3.29. The van der Waals surface area contributed by atoms with Gasteiger partial charge in [-0.3, -0.25) is 11.3 Å². The zero-order valence-electron chi connectivity index (χ0n) is 11.7. The van der Waals surface area contributed by atoms with Gasteiger partial charge in [0.05, 0.1) is 0 Å². The molecule has 20 heavy (non-hydrogen) atoms. The first kappa shape index (κ1) is 12.8. The SMILES string of the molecule is NNC(CC1CC2CCC1C2)c1cccc2ccsc12. The maximum absolute atomic E-state index is 5.90. The molecule has 3 heteroatoms. The molecule has 106 valence electrons. The average molecular weight is 286 g/mol. The van der Waals surface area contributed by atoms with Gasteiger partial charge in [0.1, 0.15) is 0 Å². The summed E-state index contributed by atoms with van der Waals surface area (Å²) in [5, 5.41) is 3.53. The van der Waals surface area contributed by atoms with Crippen LogP contribution in [0.2, 0.25) is 0 Å². The topological polar surface area (TPSA) is 38.0 Å². The molecule has 4 atom stereocenters. The van der Waals surface area contributed by atoms with Gasteiger partial charge in [-0.2, -0.15) is 0 Å². The molecule has 2 bridgehead atoms. The summed E-state index contributed by atoms with van der Waals surface area (Å²) in [4.78, 5) is 0. The maximum Gasteiger partial charge on any atom is 0.0476 e. The van der Waals surface area contributed by atoms with E-state index in [1.807, 2.05) is 11.3 Å². The highest BCUT2D eigenvalue weighted by Crippen LogP contribution is 2.51. The lowest BCUT2D eigenvalue weighted by Gasteiger charge is -2.27. The van der Waals surface area contributed by atoms with E-state index in [0.717, 1.165) is 17.8 Å². The molecule has 1 aromatic carbocycles. The van der Waals surface area contributed by atoms with Crippen molar-refractivity contribution in [1.82, 2.24) is 5.43 Å². The van der Waals surface area contributed by atoms with E-state index in [1.54, 1.807) is 0 Å². The lowest BCUT2D eigenvalue weighted by molar-refractivity contribution is 0.281. The summed E-state index contributed by atoms with van der Waals surface area (Å²) in [6.07, 6.45) is 7.04. The van der Waals surface area contributed by atoms with Crippen molar-refractivity contribution in [2.24, 2.45) is 23.6 Å². The monoisotopic (exact) mass is 286 g/mol. The number of hydrazine groups is 1. The molecule has 0 spiro atoms. The molecule has 4 unspecified atom stereocenters. The summed E-state index contributed by atoms with van der Waals surface area (Å²) in [6.45, 7) is 0. The van der Waals surface area contributed by atoms with E-state index in [2.05, 4.69) is 35.1 Å². The number of fused-ring (bicyclic) bond motifs is 3. The lowest BCUT2D eigenvalue weighted by Crippen LogP contribution is -2.30. The van der Waals surface area contributed by atoms with Crippen molar-refractivity contribution in [3.8, 4) is 0 Å². The molecule has 0 radical (unpaired) electrons. The van der Waals surface area contributed by atoms with E-state index in [0.29, 0.717) is 6.04 Å². The molecular weight excluding hydrogens is 264 g/mol. The van der Waals surface area contributed by atoms with Gasteiger partial charge in [0.25, 0.3) is 0 Å². The lowest BCUT2D eigenvalue weighted by atomic mass is 9.83. The fourth-order valence-corrected chi connectivity index (χ4v) is 5.51. The summed E-state index contributed by atoms with van der Waals surface area (Å²) in [5.41, 5.74) is 4.48. The Morgan fingerprint density at radius 1 is 1.25 bits per heavy atom. The molecule has 2 aliphatic rings. The highest BCUT2D eigenvalue weighted by atomic mass is 32.1. The average Bonchev–Trinajstić information content (AvgIpc) is 3.19. The number of benzene rings is 1. The third-order valence-electron chi connectivity index (χ3n) is 5.51. The number of nitrogens with two attached hydrogens (primary N) is 1. The summed E-state index contributed by atoms with van der Waals surface area (Å²) in [7, 11) is 0. The molecule has 0 amide bonds. The van der Waals surface area contributed by atoms with Gasteiger partial charge in [-0.15, -0.1) is 11.3 Å². The van der Waals surface area contributed by atoms with Crippen LogP contribution in [0.25, 0.3) is 10.1 Å². The van der Waals surface area contributed by atoms with Gasteiger partial charge in [-0.1, -0.05) is 24.6 Å². The number of hydrogen-bond donors (Lipinski definition) is 2. The number of nitrogens with one attached hydrogen (secondary N) is 1. The number of thiophene rings is 1. The maximum atomic E-state index is 5.90. The van der Waals surface area contributed by atoms with Crippen molar-refractivity contribution in [3.63, 3.8) is 0 Å². The second-order valence-corrected chi connectivity index (χ2v) is 7.49. The van der Waals surface area contributed by atoms with Crippen LogP contribution in [0.3, 0.4) is 0 Å². The predicted octanol–water partition coefficient (Wildman–Crippen LogP) is 4.23. The molecule has 3 N–H and O–H groups in total. The van der Waals surface area contributed by atoms with Gasteiger partial charge in [0, 0.05) is 10.7 Å². The van der Waals surface area contributed by atoms with Crippen molar-refractivity contribution in [3.05, 3.63) is 35.2 Å². The van der Waals surface area contributed by atoms with Crippen LogP contribution in [-0.4, -0.2) is 0 Å². The molecule has 0 aliphatic heterocycles. The molecule has 2 aromatic rings. The molecule has 2 fully saturated rings. The molecule has 2 aliphatic carbocycles. The van der Waals surface area contributed by atoms with E-state index in [1.165, 1.54) is 47.8 Å². The summed E-state index contributed by atoms with van der Waals surface area (Å²) in [5.74, 6) is 8.76. The quantitative estimate of drug-likeness (QED) is 0.652. The molecule has 0 saturated heterocycles. The van der Waals surface area contributed by atoms with Crippen LogP contribution in [0.15, 0.2) is 29.6 Å². The van der Waals surface area contributed by atoms with Crippen LogP contribution in [0.4, 0.5) is 0 Å². The van der Waals surface area contributed by atoms with Gasteiger partial charge < -0.3 is 0 Å². The highest BCUT2D eigenvalue weighted by Gasteiger charge is 2.40. The van der Waals surface area contributed by atoms with E-state index < -0.39 is 0 Å². The Hall–Kier alpha value is -0.900. The van der Waals surface area contributed by atoms with Gasteiger partial charge in [-0.25, -0.2) is 0 Å². The zero-order chi connectivity index (χ0) is 13.5. The Morgan fingerprint density at radius 2 is 2.20 bits per heavy atom. The van der Waals surface area contributed by atoms with Crippen LogP contribution in [0.1, 0.15) is 43.7 Å². The first-order chi connectivity index (χ1) is 9.85. The molecule has 4 rings (SSSR count). The van der Waals surface area contributed by atoms with Crippen molar-refractivity contribution in [2.45, 2.75) is 38.1 Å². The van der Waals surface area contributed by atoms with Crippen molar-refractivity contribution in [2.75, 3.05) is 0 Å². The van der Waals surface area contributed by atoms with Gasteiger partial charge >= 0.3 is 0 Å². The van der Waals surface area contributed by atoms with Gasteiger partial charge in [0.2, 0.25) is 0 Å². The van der Waals surface area contributed by atoms with Crippen LogP contribution < -0.4 is 11.3 Å². The van der Waals surface area contributed by atoms with E-state index in [9.17, 15) is 0 Å². The Balaban J connectivity index is 1.60. The molecule has 1 aromatic heterocycles. The number of rotatable bonds is 4. The molecule has 2 nitrogen and oxygen atoms in total. The minimum Gasteiger partial charge on any atom is -0.271 e. The Labute approximate surface area is 124 Å². The van der Waals surface area contributed by atoms with E-state index in [-0.39, 0.29) is 0 Å². The third kappa shape index (κ3) is 2.09. The zero-order valence-corrected chi connectivity index (χ0v) is 12.5. The second kappa shape index (κ2) is 5.14. The first-order valence-corrected chi connectivity index (χ1v) is 8.65. The fraction of sp³-hybridized carbons (Fsp3) is 0.529. The fourth-order valence-electron chi connectivity index (χ4n) is 4.54. The standard InChI is InChI=1S/C17H22N2S/c18-19-16(10-14-9-11-4-5-13(14)8-11)15-3-1-2-12-6-7-20-17(12)15/h1-3,6-7,11,13-14,16,19H,4-5,8-10,18H2. The van der Waals surface area contributed by atoms with Crippen molar-refractivity contribution in [1.29, 1.82) is 0 Å². The normalized spacial score (nSPS) is 30.1. The first-order valence-electron chi connectivity index (χ1n) is 7.77. The van der Waals surface area contributed by atoms with Crippen LogP contribution in [0, 0.1) is 17.8 Å². The van der Waals surface area contributed by atoms with Crippen LogP contribution in [-0.2, 0) is 0 Å².